The van der Waals surface area contributed by atoms with Crippen LogP contribution in [0.25, 0.3) is 0 Å². The van der Waals surface area contributed by atoms with Gasteiger partial charge in [0.2, 0.25) is 5.91 Å². The molecule has 0 saturated carbocycles. The smallest absolute Gasteiger partial charge is 0.238 e. The van der Waals surface area contributed by atoms with E-state index >= 15 is 0 Å². The normalized spacial score (nSPS) is 19.9. The molecule has 2 rings (SSSR count). The first-order chi connectivity index (χ1) is 9.60. The predicted molar refractivity (Wildman–Crippen MR) is 80.3 cm³/mol. The lowest BCUT2D eigenvalue weighted by Crippen LogP contribution is -2.48. The monoisotopic (exact) mass is 317 g/mol. The maximum Gasteiger partial charge on any atom is 0.238 e. The van der Waals surface area contributed by atoms with Gasteiger partial charge in [0.1, 0.15) is 0 Å². The van der Waals surface area contributed by atoms with E-state index in [1.54, 1.807) is 18.2 Å². The summed E-state index contributed by atoms with van der Waals surface area (Å²) in [5.41, 5.74) is 6.02. The molecule has 1 aromatic rings. The lowest BCUT2D eigenvalue weighted by Gasteiger charge is -2.31. The average molecular weight is 318 g/mol. The van der Waals surface area contributed by atoms with E-state index in [1.807, 2.05) is 4.90 Å². The van der Waals surface area contributed by atoms with Crippen LogP contribution in [0.4, 0.5) is 5.69 Å². The molecule has 0 bridgehead atoms. The molecule has 0 aromatic heterocycles. The van der Waals surface area contributed by atoms with E-state index in [0.29, 0.717) is 42.0 Å². The fourth-order valence-corrected chi connectivity index (χ4v) is 2.56. The molecule has 1 aromatic carbocycles. The lowest BCUT2D eigenvalue weighted by atomic mass is 10.2. The van der Waals surface area contributed by atoms with Crippen molar-refractivity contribution < 1.29 is 9.53 Å². The second-order valence-electron chi connectivity index (χ2n) is 4.61. The summed E-state index contributed by atoms with van der Waals surface area (Å²) < 4.78 is 5.45. The minimum absolute atomic E-state index is 0.0135. The third kappa shape index (κ3) is 4.07. The van der Waals surface area contributed by atoms with Gasteiger partial charge in [0.15, 0.2) is 0 Å². The number of para-hydroxylation sites is 1. The molecule has 1 amide bonds. The molecule has 3 N–H and O–H groups in total. The SMILES string of the molecule is NCC1CN(CC(=O)Nc2c(Cl)cccc2Cl)CCO1. The Bertz CT molecular complexity index is 464. The summed E-state index contributed by atoms with van der Waals surface area (Å²) in [6, 6.07) is 5.10. The van der Waals surface area contributed by atoms with E-state index < -0.39 is 0 Å². The van der Waals surface area contributed by atoms with Crippen molar-refractivity contribution in [1.82, 2.24) is 4.90 Å². The predicted octanol–water partition coefficient (Wildman–Crippen LogP) is 1.59. The lowest BCUT2D eigenvalue weighted by molar-refractivity contribution is -0.119. The van der Waals surface area contributed by atoms with Crippen LogP contribution in [0.1, 0.15) is 0 Å². The number of nitrogens with zero attached hydrogens (tertiary/aromatic N) is 1. The van der Waals surface area contributed by atoms with Gasteiger partial charge >= 0.3 is 0 Å². The van der Waals surface area contributed by atoms with Crippen LogP contribution in [-0.4, -0.2) is 49.7 Å². The number of carbonyl (C=O) groups is 1. The van der Waals surface area contributed by atoms with Crippen LogP contribution in [0.5, 0.6) is 0 Å². The van der Waals surface area contributed by atoms with Crippen molar-refractivity contribution in [2.24, 2.45) is 5.73 Å². The highest BCUT2D eigenvalue weighted by molar-refractivity contribution is 6.39. The molecule has 0 spiro atoms. The van der Waals surface area contributed by atoms with Crippen molar-refractivity contribution in [3.63, 3.8) is 0 Å². The van der Waals surface area contributed by atoms with Gasteiger partial charge in [0, 0.05) is 19.6 Å². The van der Waals surface area contributed by atoms with Crippen molar-refractivity contribution in [2.75, 3.05) is 38.1 Å². The van der Waals surface area contributed by atoms with E-state index in [2.05, 4.69) is 5.32 Å². The molecule has 1 unspecified atom stereocenters. The Hall–Kier alpha value is -0.850. The third-order valence-electron chi connectivity index (χ3n) is 3.08. The maximum absolute atomic E-state index is 12.0. The summed E-state index contributed by atoms with van der Waals surface area (Å²) in [7, 11) is 0. The molecule has 1 heterocycles. The first-order valence-electron chi connectivity index (χ1n) is 6.38. The molecule has 1 saturated heterocycles. The number of benzene rings is 1. The van der Waals surface area contributed by atoms with E-state index in [-0.39, 0.29) is 18.6 Å². The Balaban J connectivity index is 1.92. The van der Waals surface area contributed by atoms with E-state index in [1.165, 1.54) is 0 Å². The highest BCUT2D eigenvalue weighted by Crippen LogP contribution is 2.29. The number of rotatable bonds is 4. The van der Waals surface area contributed by atoms with Gasteiger partial charge in [-0.15, -0.1) is 0 Å². The van der Waals surface area contributed by atoms with E-state index in [0.717, 1.165) is 0 Å². The fourth-order valence-electron chi connectivity index (χ4n) is 2.07. The number of morpholine rings is 1. The van der Waals surface area contributed by atoms with Crippen LogP contribution in [0.2, 0.25) is 10.0 Å². The van der Waals surface area contributed by atoms with Crippen LogP contribution >= 0.6 is 23.2 Å². The number of carbonyl (C=O) groups excluding carboxylic acids is 1. The number of anilines is 1. The zero-order chi connectivity index (χ0) is 14.5. The summed E-state index contributed by atoms with van der Waals surface area (Å²) in [5.74, 6) is -0.155. The van der Waals surface area contributed by atoms with E-state index in [9.17, 15) is 4.79 Å². The fraction of sp³-hybridized carbons (Fsp3) is 0.462. The second kappa shape index (κ2) is 7.24. The Kier molecular flexibility index (Phi) is 5.63. The number of hydrogen-bond donors (Lipinski definition) is 2. The van der Waals surface area contributed by atoms with Crippen LogP contribution in [0, 0.1) is 0 Å². The average Bonchev–Trinajstić information content (AvgIpc) is 2.43. The Morgan fingerprint density at radius 3 is 2.80 bits per heavy atom. The van der Waals surface area contributed by atoms with Crippen molar-refractivity contribution in [2.45, 2.75) is 6.10 Å². The van der Waals surface area contributed by atoms with Crippen LogP contribution in [0.3, 0.4) is 0 Å². The Morgan fingerprint density at radius 1 is 1.45 bits per heavy atom. The molecule has 110 valence electrons. The molecular weight excluding hydrogens is 301 g/mol. The van der Waals surface area contributed by atoms with Gasteiger partial charge in [-0.1, -0.05) is 29.3 Å². The molecule has 1 fully saturated rings. The Labute approximate surface area is 128 Å². The van der Waals surface area contributed by atoms with Crippen molar-refractivity contribution in [3.8, 4) is 0 Å². The third-order valence-corrected chi connectivity index (χ3v) is 3.71. The van der Waals surface area contributed by atoms with Crippen LogP contribution in [0.15, 0.2) is 18.2 Å². The quantitative estimate of drug-likeness (QED) is 0.885. The van der Waals surface area contributed by atoms with Gasteiger partial charge in [0.05, 0.1) is 35.0 Å². The number of nitrogens with two attached hydrogens (primary N) is 1. The highest BCUT2D eigenvalue weighted by atomic mass is 35.5. The second-order valence-corrected chi connectivity index (χ2v) is 5.42. The summed E-state index contributed by atoms with van der Waals surface area (Å²) in [4.78, 5) is 14.0. The van der Waals surface area contributed by atoms with Gasteiger partial charge in [0.25, 0.3) is 0 Å². The van der Waals surface area contributed by atoms with Gasteiger partial charge in [-0.3, -0.25) is 9.69 Å². The number of halogens is 2. The maximum atomic E-state index is 12.0. The van der Waals surface area contributed by atoms with Gasteiger partial charge in [-0.05, 0) is 12.1 Å². The summed E-state index contributed by atoms with van der Waals surface area (Å²) in [6.07, 6.45) is -0.0135. The minimum atomic E-state index is -0.155. The zero-order valence-electron chi connectivity index (χ0n) is 10.9. The van der Waals surface area contributed by atoms with Gasteiger partial charge < -0.3 is 15.8 Å². The molecule has 0 radical (unpaired) electrons. The summed E-state index contributed by atoms with van der Waals surface area (Å²) >= 11 is 12.0. The molecule has 0 aliphatic carbocycles. The molecule has 5 nitrogen and oxygen atoms in total. The van der Waals surface area contributed by atoms with Crippen LogP contribution < -0.4 is 11.1 Å². The molecule has 1 aliphatic rings. The minimum Gasteiger partial charge on any atom is -0.374 e. The van der Waals surface area contributed by atoms with Crippen molar-refractivity contribution >= 4 is 34.8 Å². The van der Waals surface area contributed by atoms with Gasteiger partial charge in [-0.25, -0.2) is 0 Å². The highest BCUT2D eigenvalue weighted by Gasteiger charge is 2.21. The number of nitrogens with one attached hydrogen (secondary N) is 1. The van der Waals surface area contributed by atoms with E-state index in [4.69, 9.17) is 33.7 Å². The first-order valence-corrected chi connectivity index (χ1v) is 7.13. The molecule has 7 heteroatoms. The molecule has 20 heavy (non-hydrogen) atoms. The standard InChI is InChI=1S/C13H17Cl2N3O2/c14-10-2-1-3-11(15)13(10)17-12(19)8-18-4-5-20-9(6-16)7-18/h1-3,9H,4-8,16H2,(H,17,19). The van der Waals surface area contributed by atoms with Crippen molar-refractivity contribution in [3.05, 3.63) is 28.2 Å². The number of amides is 1. The number of ether oxygens (including phenoxy) is 1. The summed E-state index contributed by atoms with van der Waals surface area (Å²) in [6.45, 7) is 2.66. The molecule has 1 aliphatic heterocycles. The largest absolute Gasteiger partial charge is 0.374 e. The first kappa shape index (κ1) is 15.5. The molecular formula is C13H17Cl2N3O2. The van der Waals surface area contributed by atoms with Crippen molar-refractivity contribution in [1.29, 1.82) is 0 Å². The summed E-state index contributed by atoms with van der Waals surface area (Å²) in [5, 5.41) is 3.59. The van der Waals surface area contributed by atoms with Crippen LogP contribution in [-0.2, 0) is 9.53 Å². The van der Waals surface area contributed by atoms with Gasteiger partial charge in [-0.2, -0.15) is 0 Å². The molecule has 1 atom stereocenters. The number of hydrogen-bond acceptors (Lipinski definition) is 4. The Morgan fingerprint density at radius 2 is 2.15 bits per heavy atom. The topological polar surface area (TPSA) is 67.6 Å². The zero-order valence-corrected chi connectivity index (χ0v) is 12.5.